The van der Waals surface area contributed by atoms with Crippen LogP contribution in [0.2, 0.25) is 0 Å². The Labute approximate surface area is 263 Å². The molecule has 0 radical (unpaired) electrons. The Balaban J connectivity index is 6.23. The van der Waals surface area contributed by atoms with Gasteiger partial charge in [0.2, 0.25) is 0 Å². The van der Waals surface area contributed by atoms with Gasteiger partial charge in [-0.1, -0.05) is 0 Å². The van der Waals surface area contributed by atoms with Crippen LogP contribution in [-0.4, -0.2) is 69.2 Å². The summed E-state index contributed by atoms with van der Waals surface area (Å²) in [4.78, 5) is 0. The summed E-state index contributed by atoms with van der Waals surface area (Å²) in [5, 5.41) is -7.34. The van der Waals surface area contributed by atoms with Gasteiger partial charge in [0.15, 0.2) is 0 Å². The van der Waals surface area contributed by atoms with Crippen LogP contribution >= 0.6 is 6.83 Å². The minimum atomic E-state index is -8.22. The summed E-state index contributed by atoms with van der Waals surface area (Å²) in [6, 6.07) is 0. The van der Waals surface area contributed by atoms with E-state index in [9.17, 15) is 65.5 Å². The molecule has 0 rings (SSSR count). The van der Waals surface area contributed by atoms with Gasteiger partial charge in [-0.3, -0.25) is 0 Å². The van der Waals surface area contributed by atoms with Gasteiger partial charge in [-0.15, -0.1) is 0 Å². The fourth-order valence-electron chi connectivity index (χ4n) is 4.96. The third-order valence-corrected chi connectivity index (χ3v) is 15.1. The van der Waals surface area contributed by atoms with E-state index in [1.807, 2.05) is 13.8 Å². The summed E-state index contributed by atoms with van der Waals surface area (Å²) in [5.74, 6) is -32.3. The Morgan fingerprint density at radius 3 is 1.04 bits per heavy atom. The number of alkyl halides is 13. The number of halogens is 13. The first-order valence-corrected chi connectivity index (χ1v) is 20.4. The molecule has 0 N–H and O–H groups in total. The Kier molecular flexibility index (Phi) is 16.7. The van der Waals surface area contributed by atoms with E-state index in [4.69, 9.17) is 0 Å². The van der Waals surface area contributed by atoms with Gasteiger partial charge < -0.3 is 0 Å². The van der Waals surface area contributed by atoms with Crippen molar-refractivity contribution in [3.05, 3.63) is 0 Å². The molecule has 0 aliphatic rings. The van der Waals surface area contributed by atoms with Crippen molar-refractivity contribution in [3.63, 3.8) is 0 Å². The van der Waals surface area contributed by atoms with E-state index in [2.05, 4.69) is 3.97 Å². The van der Waals surface area contributed by atoms with E-state index >= 15 is 0 Å². The van der Waals surface area contributed by atoms with E-state index in [0.29, 0.717) is 25.7 Å². The fraction of sp³-hybridized carbons (Fsp3) is 1.00. The maximum atomic E-state index is 14.8. The van der Waals surface area contributed by atoms with Crippen molar-refractivity contribution in [1.29, 1.82) is 0 Å². The van der Waals surface area contributed by atoms with Gasteiger partial charge in [-0.2, -0.15) is 0 Å². The second-order valence-corrected chi connectivity index (χ2v) is 20.8. The molecule has 0 atom stereocenters. The van der Waals surface area contributed by atoms with Crippen LogP contribution in [0, 0.1) is 0 Å². The normalized spacial score (nSPS) is 15.6. The van der Waals surface area contributed by atoms with Gasteiger partial charge in [0.25, 0.3) is 0 Å². The van der Waals surface area contributed by atoms with Crippen LogP contribution in [0.15, 0.2) is 0 Å². The van der Waals surface area contributed by atoms with E-state index in [0.717, 1.165) is 77.5 Å². The van der Waals surface area contributed by atoms with Gasteiger partial charge in [0.05, 0.1) is 0 Å². The molecule has 0 bridgehead atoms. The third-order valence-electron chi connectivity index (χ3n) is 7.99. The van der Waals surface area contributed by atoms with Crippen LogP contribution in [0.4, 0.5) is 57.1 Å². The zero-order valence-corrected chi connectivity index (χ0v) is 28.4. The van der Waals surface area contributed by atoms with Crippen molar-refractivity contribution in [2.45, 2.75) is 152 Å². The zero-order valence-electron chi connectivity index (χ0n) is 26.7. The van der Waals surface area contributed by atoms with Gasteiger partial charge in [0.1, 0.15) is 0 Å². The van der Waals surface area contributed by atoms with Crippen molar-refractivity contribution in [2.75, 3.05) is 25.7 Å². The van der Waals surface area contributed by atoms with Gasteiger partial charge in [0, 0.05) is 0 Å². The molecule has 0 heterocycles. The number of rotatable bonds is 25. The Bertz CT molecular complexity index is 993. The molecule has 18 heteroatoms. The zero-order chi connectivity index (χ0) is 36.4. The SMILES string of the molecule is CCCCCCCCCCP(C)(C)(CCCCCCCCCC)OS(=O)(=O)C(F)(F)C(F)(F)C(F)(F)C(F)(F)C(F)(F)C(F)(F)F. The van der Waals surface area contributed by atoms with Crippen molar-refractivity contribution >= 4 is 16.9 Å². The fourth-order valence-corrected chi connectivity index (χ4v) is 11.7. The third kappa shape index (κ3) is 11.0. The predicted molar refractivity (Wildman–Crippen MR) is 155 cm³/mol. The molecule has 0 fully saturated rings. The summed E-state index contributed by atoms with van der Waals surface area (Å²) < 4.78 is 208. The van der Waals surface area contributed by atoms with Gasteiger partial charge in [-0.25, -0.2) is 0 Å². The summed E-state index contributed by atoms with van der Waals surface area (Å²) in [6.07, 6.45) is 3.44. The maximum absolute atomic E-state index is 14.8. The van der Waals surface area contributed by atoms with Crippen LogP contribution < -0.4 is 0 Å². The molecule has 0 spiro atoms. The van der Waals surface area contributed by atoms with E-state index in [1.165, 1.54) is 0 Å². The molecule has 0 aromatic heterocycles. The minimum absolute atomic E-state index is 0.138. The van der Waals surface area contributed by atoms with Crippen LogP contribution in [0.5, 0.6) is 0 Å². The summed E-state index contributed by atoms with van der Waals surface area (Å²) in [6.45, 7) is 1.57. The van der Waals surface area contributed by atoms with E-state index in [-0.39, 0.29) is 25.2 Å². The van der Waals surface area contributed by atoms with Gasteiger partial charge >= 0.3 is 264 Å². The molecular weight excluding hydrogens is 694 g/mol. The molecule has 3 nitrogen and oxygen atoms in total. The quantitative estimate of drug-likeness (QED) is 0.0531. The van der Waals surface area contributed by atoms with Crippen molar-refractivity contribution < 1.29 is 69.5 Å². The molecule has 0 aromatic rings. The van der Waals surface area contributed by atoms with E-state index in [1.54, 1.807) is 0 Å². The topological polar surface area (TPSA) is 43.4 Å². The first-order chi connectivity index (χ1) is 20.6. The standard InChI is InChI=1S/C28H48F13O3PS/c1-5-7-9-11-13-15-17-19-21-45(3,4,22-20-18-16-14-12-10-8-6-2)44-46(42,43)28(40,41)26(35,36)24(31,32)23(29,30)25(33,34)27(37,38)39/h5-22H2,1-4H3. The molecule has 0 unspecified atom stereocenters. The van der Waals surface area contributed by atoms with E-state index < -0.39 is 52.1 Å². The summed E-state index contributed by atoms with van der Waals surface area (Å²) in [5.41, 5.74) is 0. The monoisotopic (exact) mass is 742 g/mol. The van der Waals surface area contributed by atoms with Crippen molar-refractivity contribution in [3.8, 4) is 0 Å². The Morgan fingerprint density at radius 2 is 0.739 bits per heavy atom. The molecule has 0 amide bonds. The van der Waals surface area contributed by atoms with Gasteiger partial charge in [-0.05, 0) is 0 Å². The molecule has 0 aromatic carbocycles. The molecule has 0 aliphatic carbocycles. The first-order valence-electron chi connectivity index (χ1n) is 15.5. The number of hydrogen-bond donors (Lipinski definition) is 0. The molecule has 46 heavy (non-hydrogen) atoms. The molecule has 0 saturated heterocycles. The average Bonchev–Trinajstić information content (AvgIpc) is 2.90. The van der Waals surface area contributed by atoms with Crippen molar-refractivity contribution in [2.24, 2.45) is 0 Å². The Hall–Kier alpha value is -0.570. The van der Waals surface area contributed by atoms with Crippen LogP contribution in [0.1, 0.15) is 117 Å². The second-order valence-electron chi connectivity index (χ2n) is 12.8. The number of unbranched alkanes of at least 4 members (excludes halogenated alkanes) is 14. The number of hydrogen-bond acceptors (Lipinski definition) is 3. The summed E-state index contributed by atoms with van der Waals surface area (Å²) >= 11 is 0. The Morgan fingerprint density at radius 1 is 0.457 bits per heavy atom. The molecular formula is C28H48F13O3PS. The van der Waals surface area contributed by atoms with Crippen LogP contribution in [0.3, 0.4) is 0 Å². The predicted octanol–water partition coefficient (Wildman–Crippen LogP) is 12.0. The molecule has 0 saturated carbocycles. The molecule has 280 valence electrons. The average molecular weight is 743 g/mol. The second kappa shape index (κ2) is 16.9. The van der Waals surface area contributed by atoms with Crippen molar-refractivity contribution in [1.82, 2.24) is 0 Å². The van der Waals surface area contributed by atoms with Crippen LogP contribution in [0.25, 0.3) is 0 Å². The summed E-state index contributed by atoms with van der Waals surface area (Å²) in [7, 11) is -7.34. The molecule has 0 aliphatic heterocycles. The first kappa shape index (κ1) is 45.4. The van der Waals surface area contributed by atoms with Crippen LogP contribution in [-0.2, 0) is 14.1 Å².